The highest BCUT2D eigenvalue weighted by atomic mass is 35.9. The van der Waals surface area contributed by atoms with Gasteiger partial charge in [-0.25, -0.2) is 0 Å². The van der Waals surface area contributed by atoms with Gasteiger partial charge in [0.05, 0.1) is 12.7 Å². The van der Waals surface area contributed by atoms with Crippen molar-refractivity contribution in [2.24, 2.45) is 5.73 Å². The molecule has 6 nitrogen and oxygen atoms in total. The molecule has 2 rings (SSSR count). The average molecular weight is 340 g/mol. The molecule has 1 saturated heterocycles. The first kappa shape index (κ1) is 15.7. The van der Waals surface area contributed by atoms with Gasteiger partial charge in [0.15, 0.2) is 12.4 Å². The van der Waals surface area contributed by atoms with Crippen LogP contribution in [0.2, 0.25) is 0 Å². The van der Waals surface area contributed by atoms with Gasteiger partial charge in [0, 0.05) is 12.5 Å². The third kappa shape index (κ3) is 4.43. The lowest BCUT2D eigenvalue weighted by Crippen LogP contribution is -2.40. The average Bonchev–Trinajstić information content (AvgIpc) is 2.84. The van der Waals surface area contributed by atoms with E-state index in [0.29, 0.717) is 12.0 Å². The molecule has 1 aromatic rings. The summed E-state index contributed by atoms with van der Waals surface area (Å²) in [5.74, 6) is -0.498. The molecule has 2 atom stereocenters. The summed E-state index contributed by atoms with van der Waals surface area (Å²) in [5.41, 5.74) is 5.64. The van der Waals surface area contributed by atoms with Gasteiger partial charge in [0.25, 0.3) is 12.1 Å². The molecule has 1 aliphatic heterocycles. The Hall–Kier alpha value is -0.650. The Morgan fingerprint density at radius 2 is 2.30 bits per heavy atom. The molecule has 0 radical (unpaired) electrons. The van der Waals surface area contributed by atoms with E-state index < -0.39 is 12.0 Å². The fraction of sp³-hybridized carbons (Fsp3) is 0.455. The molecule has 1 fully saturated rings. The Balaban J connectivity index is 1.97. The highest BCUT2D eigenvalue weighted by Gasteiger charge is 2.33. The molecular weight excluding hydrogens is 326 g/mol. The summed E-state index contributed by atoms with van der Waals surface area (Å²) in [6.07, 6.45) is 0.858. The van der Waals surface area contributed by atoms with E-state index >= 15 is 0 Å². The lowest BCUT2D eigenvalue weighted by atomic mass is 10.2. The second-order valence-corrected chi connectivity index (χ2v) is 8.68. The molecule has 0 aliphatic carbocycles. The normalized spacial score (nSPS) is 22.9. The number of halogens is 2. The van der Waals surface area contributed by atoms with Crippen LogP contribution < -0.4 is 10.3 Å². The molecule has 0 aromatic carbocycles. The Morgan fingerprint density at radius 1 is 1.55 bits per heavy atom. The van der Waals surface area contributed by atoms with Crippen molar-refractivity contribution in [2.75, 3.05) is 6.61 Å². The molecule has 0 unspecified atom stereocenters. The number of carbonyl (C=O) groups is 1. The Labute approximate surface area is 125 Å². The van der Waals surface area contributed by atoms with Crippen molar-refractivity contribution >= 4 is 34.5 Å². The maximum absolute atomic E-state index is 11.1. The minimum Gasteiger partial charge on any atom is -0.365 e. The van der Waals surface area contributed by atoms with Crippen LogP contribution in [0.15, 0.2) is 24.5 Å². The zero-order valence-electron chi connectivity index (χ0n) is 10.4. The number of rotatable bonds is 5. The molecule has 0 saturated carbocycles. The third-order valence-corrected chi connectivity index (χ3v) is 3.97. The highest BCUT2D eigenvalue weighted by Crippen LogP contribution is 2.57. The summed E-state index contributed by atoms with van der Waals surface area (Å²) in [4.78, 5) is 11.1. The predicted molar refractivity (Wildman–Crippen MR) is 73.6 cm³/mol. The fourth-order valence-corrected chi connectivity index (χ4v) is 2.69. The number of primary amides is 1. The summed E-state index contributed by atoms with van der Waals surface area (Å²) in [7, 11) is 0. The van der Waals surface area contributed by atoms with Crippen LogP contribution in [0.5, 0.6) is 0 Å². The van der Waals surface area contributed by atoms with Crippen molar-refractivity contribution in [1.82, 2.24) is 0 Å². The number of nitrogens with two attached hydrogens (primary N) is 1. The van der Waals surface area contributed by atoms with Crippen molar-refractivity contribution < 1.29 is 23.2 Å². The standard InChI is InChI=1S/C11H13Cl2N2O4P/c12-20(13,17)18-7-9-3-4-10(19-9)15-5-1-2-8(6-15)11(14)16/h1-2,5-6,9-10H,3-4,7H2,(H-,14,16)/p+1/t9-,10+/m0/s1. The van der Waals surface area contributed by atoms with Crippen LogP contribution in [0.1, 0.15) is 29.4 Å². The van der Waals surface area contributed by atoms with Crippen LogP contribution in [-0.4, -0.2) is 18.6 Å². The number of ether oxygens (including phenoxy) is 1. The summed E-state index contributed by atoms with van der Waals surface area (Å²) < 4.78 is 23.4. The Kier molecular flexibility index (Phi) is 5.04. The summed E-state index contributed by atoms with van der Waals surface area (Å²) in [5, 5.41) is 0. The number of hydrogen-bond donors (Lipinski definition) is 1. The molecule has 9 heteroatoms. The van der Waals surface area contributed by atoms with Gasteiger partial charge >= 0.3 is 6.07 Å². The molecule has 2 N–H and O–H groups in total. The summed E-state index contributed by atoms with van der Waals surface area (Å²) in [6, 6.07) is 3.35. The van der Waals surface area contributed by atoms with Crippen LogP contribution in [0.25, 0.3) is 0 Å². The van der Waals surface area contributed by atoms with Crippen LogP contribution in [0, 0.1) is 0 Å². The van der Waals surface area contributed by atoms with E-state index in [9.17, 15) is 9.36 Å². The number of amides is 1. The number of aromatic nitrogens is 1. The maximum atomic E-state index is 11.1. The van der Waals surface area contributed by atoms with Crippen LogP contribution in [-0.2, 0) is 13.8 Å². The SMILES string of the molecule is NC(=O)c1ccc[n+]([C@H]2CC[C@@H](COP(=O)(Cl)Cl)O2)c1. The van der Waals surface area contributed by atoms with Crippen LogP contribution in [0.3, 0.4) is 0 Å². The number of hydrogen-bond acceptors (Lipinski definition) is 4. The largest absolute Gasteiger partial charge is 0.380 e. The molecule has 1 amide bonds. The van der Waals surface area contributed by atoms with Crippen molar-refractivity contribution in [3.8, 4) is 0 Å². The van der Waals surface area contributed by atoms with E-state index in [1.54, 1.807) is 29.1 Å². The minimum absolute atomic E-state index is 0.0663. The molecule has 1 aliphatic rings. The second kappa shape index (κ2) is 6.41. The van der Waals surface area contributed by atoms with E-state index in [2.05, 4.69) is 0 Å². The lowest BCUT2D eigenvalue weighted by molar-refractivity contribution is -0.759. The van der Waals surface area contributed by atoms with Gasteiger partial charge in [-0.3, -0.25) is 9.36 Å². The Morgan fingerprint density at radius 3 is 2.95 bits per heavy atom. The van der Waals surface area contributed by atoms with Crippen molar-refractivity contribution in [3.05, 3.63) is 30.1 Å². The fourth-order valence-electron chi connectivity index (χ4n) is 2.02. The lowest BCUT2D eigenvalue weighted by Gasteiger charge is -2.11. The van der Waals surface area contributed by atoms with Gasteiger partial charge in [-0.1, -0.05) is 0 Å². The van der Waals surface area contributed by atoms with E-state index in [1.807, 2.05) is 0 Å². The van der Waals surface area contributed by atoms with Crippen molar-refractivity contribution in [1.29, 1.82) is 0 Å². The van der Waals surface area contributed by atoms with Crippen molar-refractivity contribution in [2.45, 2.75) is 25.2 Å². The first-order valence-corrected chi connectivity index (χ1v) is 9.38. The molecule has 20 heavy (non-hydrogen) atoms. The van der Waals surface area contributed by atoms with Gasteiger partial charge in [-0.2, -0.15) is 4.57 Å². The summed E-state index contributed by atoms with van der Waals surface area (Å²) in [6.45, 7) is 0.0663. The van der Waals surface area contributed by atoms with Gasteiger partial charge in [-0.15, -0.1) is 0 Å². The molecule has 110 valence electrons. The summed E-state index contributed by atoms with van der Waals surface area (Å²) >= 11 is 10.6. The molecule has 0 spiro atoms. The van der Waals surface area contributed by atoms with E-state index in [4.69, 9.17) is 37.5 Å². The molecule has 2 heterocycles. The van der Waals surface area contributed by atoms with E-state index in [0.717, 1.165) is 6.42 Å². The predicted octanol–water partition coefficient (Wildman–Crippen LogP) is 2.35. The first-order valence-electron chi connectivity index (χ1n) is 5.95. The smallest absolute Gasteiger partial charge is 0.365 e. The van der Waals surface area contributed by atoms with Gasteiger partial charge < -0.3 is 15.0 Å². The number of pyridine rings is 1. The van der Waals surface area contributed by atoms with Gasteiger partial charge in [-0.05, 0) is 35.0 Å². The highest BCUT2D eigenvalue weighted by molar-refractivity contribution is 8.05. The second-order valence-electron chi connectivity index (χ2n) is 4.40. The number of carbonyl (C=O) groups excluding carboxylic acids is 1. The molecular formula is C11H14Cl2N2O4P+. The van der Waals surface area contributed by atoms with E-state index in [1.165, 1.54) is 0 Å². The Bertz CT molecular complexity index is 551. The van der Waals surface area contributed by atoms with Gasteiger partial charge in [0.1, 0.15) is 5.56 Å². The van der Waals surface area contributed by atoms with Crippen molar-refractivity contribution in [3.63, 3.8) is 0 Å². The van der Waals surface area contributed by atoms with Gasteiger partial charge in [0.2, 0.25) is 0 Å². The molecule has 0 bridgehead atoms. The van der Waals surface area contributed by atoms with Crippen LogP contribution >= 0.6 is 28.6 Å². The minimum atomic E-state index is -3.53. The third-order valence-electron chi connectivity index (χ3n) is 2.94. The first-order chi connectivity index (χ1) is 9.35. The maximum Gasteiger partial charge on any atom is 0.380 e. The number of nitrogens with zero attached hydrogens (tertiary/aromatic N) is 1. The molecule has 1 aromatic heterocycles. The quantitative estimate of drug-likeness (QED) is 0.659. The monoisotopic (exact) mass is 339 g/mol. The zero-order valence-corrected chi connectivity index (χ0v) is 12.9. The topological polar surface area (TPSA) is 82.5 Å². The zero-order chi connectivity index (χ0) is 14.8. The van der Waals surface area contributed by atoms with E-state index in [-0.39, 0.29) is 18.9 Å². The van der Waals surface area contributed by atoms with Crippen LogP contribution in [0.4, 0.5) is 0 Å².